The quantitative estimate of drug-likeness (QED) is 0.559. The van der Waals surface area contributed by atoms with Crippen molar-refractivity contribution in [2.45, 2.75) is 40.0 Å². The van der Waals surface area contributed by atoms with E-state index in [9.17, 15) is 4.79 Å². The number of carbonyl (C=O) groups excluding carboxylic acids is 1. The molecular weight excluding hydrogens is 128 g/mol. The molecule has 0 rings (SSSR count). The van der Waals surface area contributed by atoms with Crippen LogP contribution in [0.4, 0.5) is 0 Å². The lowest BCUT2D eigenvalue weighted by Crippen LogP contribution is -1.88. The van der Waals surface area contributed by atoms with Gasteiger partial charge in [0, 0.05) is 6.92 Å². The van der Waals surface area contributed by atoms with Gasteiger partial charge < -0.3 is 4.74 Å². The third-order valence-electron chi connectivity index (χ3n) is 0.995. The fraction of sp³-hybridized carbons (Fsp3) is 0.875. The second-order valence-electron chi connectivity index (χ2n) is 2.05. The maximum atomic E-state index is 9.59. The first-order valence-corrected chi connectivity index (χ1v) is 3.73. The Hall–Kier alpha value is -0.530. The van der Waals surface area contributed by atoms with Gasteiger partial charge >= 0.3 is 5.97 Å². The smallest absolute Gasteiger partial charge is 0.302 e. The Labute approximate surface area is 63.6 Å². The van der Waals surface area contributed by atoms with Gasteiger partial charge in [0.15, 0.2) is 0 Å². The van der Waals surface area contributed by atoms with E-state index in [1.807, 2.05) is 0 Å². The molecule has 0 atom stereocenters. The van der Waals surface area contributed by atoms with E-state index in [2.05, 4.69) is 18.6 Å². The van der Waals surface area contributed by atoms with Crippen LogP contribution in [0.2, 0.25) is 0 Å². The molecule has 2 nitrogen and oxygen atoms in total. The van der Waals surface area contributed by atoms with Crippen LogP contribution in [0.5, 0.6) is 0 Å². The summed E-state index contributed by atoms with van der Waals surface area (Å²) in [7, 11) is 1.35. The van der Waals surface area contributed by atoms with Crippen LogP contribution in [-0.4, -0.2) is 13.1 Å². The van der Waals surface area contributed by atoms with Gasteiger partial charge in [-0.1, -0.05) is 33.1 Å². The molecule has 0 aromatic carbocycles. The van der Waals surface area contributed by atoms with Gasteiger partial charge in [-0.05, 0) is 0 Å². The topological polar surface area (TPSA) is 26.3 Å². The lowest BCUT2D eigenvalue weighted by Gasteiger charge is -1.80. The standard InChI is InChI=1S/C5H12.C3H6O2/c1-3-5-4-2;1-3(4)5-2/h3-5H2,1-2H3;1-2H3. The summed E-state index contributed by atoms with van der Waals surface area (Å²) in [5, 5.41) is 0. The molecule has 0 aliphatic heterocycles. The fourth-order valence-corrected chi connectivity index (χ4v) is 0.354. The van der Waals surface area contributed by atoms with E-state index in [0.29, 0.717) is 0 Å². The van der Waals surface area contributed by atoms with Crippen LogP contribution in [0.1, 0.15) is 40.0 Å². The molecule has 0 saturated heterocycles. The Morgan fingerprint density at radius 1 is 1.30 bits per heavy atom. The number of hydrogen-bond acceptors (Lipinski definition) is 2. The average molecular weight is 146 g/mol. The number of carbonyl (C=O) groups is 1. The van der Waals surface area contributed by atoms with Gasteiger partial charge in [0.25, 0.3) is 0 Å². The summed E-state index contributed by atoms with van der Waals surface area (Å²) in [6.07, 6.45) is 4.08. The summed E-state index contributed by atoms with van der Waals surface area (Å²) >= 11 is 0. The Morgan fingerprint density at radius 3 is 1.60 bits per heavy atom. The zero-order valence-electron chi connectivity index (χ0n) is 7.44. The molecule has 62 valence electrons. The zero-order valence-corrected chi connectivity index (χ0v) is 7.44. The van der Waals surface area contributed by atoms with Crippen molar-refractivity contribution in [1.82, 2.24) is 0 Å². The van der Waals surface area contributed by atoms with Gasteiger partial charge in [-0.3, -0.25) is 4.79 Å². The maximum Gasteiger partial charge on any atom is 0.302 e. The minimum atomic E-state index is -0.245. The first-order chi connectivity index (χ1) is 4.68. The molecule has 0 heterocycles. The molecule has 0 spiro atoms. The molecule has 0 aliphatic carbocycles. The van der Waals surface area contributed by atoms with Crippen molar-refractivity contribution >= 4 is 5.97 Å². The van der Waals surface area contributed by atoms with E-state index in [-0.39, 0.29) is 5.97 Å². The van der Waals surface area contributed by atoms with Gasteiger partial charge in [0.2, 0.25) is 0 Å². The summed E-state index contributed by atoms with van der Waals surface area (Å²) < 4.78 is 4.11. The molecule has 0 fully saturated rings. The summed E-state index contributed by atoms with van der Waals surface area (Å²) in [5.41, 5.74) is 0. The lowest BCUT2D eigenvalue weighted by atomic mass is 10.3. The predicted molar refractivity (Wildman–Crippen MR) is 42.9 cm³/mol. The van der Waals surface area contributed by atoms with Crippen LogP contribution in [0, 0.1) is 0 Å². The van der Waals surface area contributed by atoms with E-state index in [4.69, 9.17) is 0 Å². The van der Waals surface area contributed by atoms with Crippen LogP contribution in [-0.2, 0) is 9.53 Å². The highest BCUT2D eigenvalue weighted by Gasteiger charge is 1.75. The Kier molecular flexibility index (Phi) is 13.7. The molecule has 0 amide bonds. The largest absolute Gasteiger partial charge is 0.469 e. The molecule has 2 heteroatoms. The SMILES string of the molecule is CCCCC.COC(C)=O. The number of unbranched alkanes of at least 4 members (excludes halogenated alkanes) is 2. The molecular formula is C8H18O2. The van der Waals surface area contributed by atoms with Crippen LogP contribution >= 0.6 is 0 Å². The summed E-state index contributed by atoms with van der Waals surface area (Å²) in [5.74, 6) is -0.245. The van der Waals surface area contributed by atoms with Gasteiger partial charge in [-0.15, -0.1) is 0 Å². The number of rotatable bonds is 2. The van der Waals surface area contributed by atoms with Crippen molar-refractivity contribution in [3.8, 4) is 0 Å². The van der Waals surface area contributed by atoms with Crippen molar-refractivity contribution in [2.24, 2.45) is 0 Å². The molecule has 0 radical (unpaired) electrons. The Balaban J connectivity index is 0. The second-order valence-corrected chi connectivity index (χ2v) is 2.05. The minimum Gasteiger partial charge on any atom is -0.469 e. The summed E-state index contributed by atoms with van der Waals surface area (Å²) in [6.45, 7) is 5.78. The van der Waals surface area contributed by atoms with Crippen molar-refractivity contribution < 1.29 is 9.53 Å². The Bertz CT molecular complexity index is 67.7. The van der Waals surface area contributed by atoms with Gasteiger partial charge in [-0.2, -0.15) is 0 Å². The van der Waals surface area contributed by atoms with Gasteiger partial charge in [-0.25, -0.2) is 0 Å². The molecule has 0 saturated carbocycles. The van der Waals surface area contributed by atoms with E-state index < -0.39 is 0 Å². The highest BCUT2D eigenvalue weighted by atomic mass is 16.5. The van der Waals surface area contributed by atoms with E-state index in [1.54, 1.807) is 0 Å². The first-order valence-electron chi connectivity index (χ1n) is 3.73. The normalized spacial score (nSPS) is 7.60. The monoisotopic (exact) mass is 146 g/mol. The lowest BCUT2D eigenvalue weighted by molar-refractivity contribution is -0.137. The first kappa shape index (κ1) is 12.2. The third kappa shape index (κ3) is 26.0. The van der Waals surface area contributed by atoms with E-state index in [0.717, 1.165) is 0 Å². The van der Waals surface area contributed by atoms with Gasteiger partial charge in [0.1, 0.15) is 0 Å². The third-order valence-corrected chi connectivity index (χ3v) is 0.995. The van der Waals surface area contributed by atoms with Crippen LogP contribution in [0.3, 0.4) is 0 Å². The number of ether oxygens (including phenoxy) is 1. The van der Waals surface area contributed by atoms with Crippen LogP contribution < -0.4 is 0 Å². The minimum absolute atomic E-state index is 0.245. The van der Waals surface area contributed by atoms with E-state index >= 15 is 0 Å². The maximum absolute atomic E-state index is 9.59. The van der Waals surface area contributed by atoms with Crippen molar-refractivity contribution in [1.29, 1.82) is 0 Å². The average Bonchev–Trinajstić information content (AvgIpc) is 1.91. The van der Waals surface area contributed by atoms with Crippen molar-refractivity contribution in [3.63, 3.8) is 0 Å². The second kappa shape index (κ2) is 11.3. The summed E-state index contributed by atoms with van der Waals surface area (Å²) in [6, 6.07) is 0. The molecule has 0 unspecified atom stereocenters. The highest BCUT2D eigenvalue weighted by molar-refractivity contribution is 5.65. The van der Waals surface area contributed by atoms with Gasteiger partial charge in [0.05, 0.1) is 7.11 Å². The molecule has 0 N–H and O–H groups in total. The van der Waals surface area contributed by atoms with Crippen molar-refractivity contribution in [3.05, 3.63) is 0 Å². The fourth-order valence-electron chi connectivity index (χ4n) is 0.354. The molecule has 0 aromatic rings. The van der Waals surface area contributed by atoms with Crippen LogP contribution in [0.25, 0.3) is 0 Å². The molecule has 0 aromatic heterocycles. The van der Waals surface area contributed by atoms with E-state index in [1.165, 1.54) is 33.3 Å². The predicted octanol–water partition coefficient (Wildman–Crippen LogP) is 2.38. The van der Waals surface area contributed by atoms with Crippen molar-refractivity contribution in [2.75, 3.05) is 7.11 Å². The molecule has 10 heavy (non-hydrogen) atoms. The summed E-state index contributed by atoms with van der Waals surface area (Å²) in [4.78, 5) is 9.59. The number of methoxy groups -OCH3 is 1. The molecule has 0 bridgehead atoms. The number of esters is 1. The Morgan fingerprint density at radius 2 is 1.60 bits per heavy atom. The molecule has 0 aliphatic rings. The highest BCUT2D eigenvalue weighted by Crippen LogP contribution is 1.88. The number of hydrogen-bond donors (Lipinski definition) is 0. The zero-order chi connectivity index (χ0) is 8.41. The van der Waals surface area contributed by atoms with Crippen LogP contribution in [0.15, 0.2) is 0 Å².